The van der Waals surface area contributed by atoms with Gasteiger partial charge in [-0.2, -0.15) is 0 Å². The minimum atomic E-state index is 0.136. The number of hydrogen-bond acceptors (Lipinski definition) is 3. The quantitative estimate of drug-likeness (QED) is 0.808. The van der Waals surface area contributed by atoms with Crippen LogP contribution in [0.5, 0.6) is 11.8 Å². The number of nitrogens with zero attached hydrogens (tertiary/aromatic N) is 2. The van der Waals surface area contributed by atoms with Gasteiger partial charge in [-0.25, -0.2) is 9.97 Å². The molecule has 100 valence electrons. The lowest BCUT2D eigenvalue weighted by atomic mass is 9.86. The van der Waals surface area contributed by atoms with E-state index in [0.29, 0.717) is 6.01 Å². The Hall–Kier alpha value is -1.42. The zero-order valence-corrected chi connectivity index (χ0v) is 13.2. The first-order valence-corrected chi connectivity index (χ1v) is 6.92. The van der Waals surface area contributed by atoms with Gasteiger partial charge in [-0.3, -0.25) is 0 Å². The van der Waals surface area contributed by atoms with Gasteiger partial charge in [0.25, 0.3) is 0 Å². The zero-order chi connectivity index (χ0) is 14.0. The monoisotopic (exact) mass is 320 g/mol. The number of rotatable bonds is 2. The lowest BCUT2D eigenvalue weighted by molar-refractivity contribution is 0.437. The van der Waals surface area contributed by atoms with Gasteiger partial charge in [0.1, 0.15) is 5.75 Å². The van der Waals surface area contributed by atoms with Crippen molar-refractivity contribution in [2.24, 2.45) is 0 Å². The lowest BCUT2D eigenvalue weighted by Crippen LogP contribution is -2.11. The minimum Gasteiger partial charge on any atom is -0.424 e. The number of aromatic nitrogens is 2. The SMILES string of the molecule is Cc1cc(C(C)(C)C)ccc1Oc1ncc(Br)cn1. The van der Waals surface area contributed by atoms with E-state index in [0.717, 1.165) is 15.8 Å². The molecule has 0 fully saturated rings. The summed E-state index contributed by atoms with van der Waals surface area (Å²) in [6.45, 7) is 8.61. The summed E-state index contributed by atoms with van der Waals surface area (Å²) in [7, 11) is 0. The molecular formula is C15H17BrN2O. The van der Waals surface area contributed by atoms with Crippen molar-refractivity contribution in [1.29, 1.82) is 0 Å². The van der Waals surface area contributed by atoms with Gasteiger partial charge in [-0.1, -0.05) is 32.9 Å². The first-order chi connectivity index (χ1) is 8.86. The van der Waals surface area contributed by atoms with E-state index in [-0.39, 0.29) is 5.41 Å². The van der Waals surface area contributed by atoms with Gasteiger partial charge in [-0.15, -0.1) is 0 Å². The minimum absolute atomic E-state index is 0.136. The molecular weight excluding hydrogens is 304 g/mol. The topological polar surface area (TPSA) is 35.0 Å². The molecule has 0 atom stereocenters. The highest BCUT2D eigenvalue weighted by Crippen LogP contribution is 2.29. The number of benzene rings is 1. The summed E-state index contributed by atoms with van der Waals surface area (Å²) in [5.74, 6) is 0.787. The lowest BCUT2D eigenvalue weighted by Gasteiger charge is -2.20. The van der Waals surface area contributed by atoms with Crippen molar-refractivity contribution in [3.8, 4) is 11.8 Å². The van der Waals surface area contributed by atoms with Gasteiger partial charge in [0.05, 0.1) is 4.47 Å². The van der Waals surface area contributed by atoms with Gasteiger partial charge in [0.15, 0.2) is 0 Å². The van der Waals surface area contributed by atoms with E-state index in [1.165, 1.54) is 5.56 Å². The number of hydrogen-bond donors (Lipinski definition) is 0. The Kier molecular flexibility index (Phi) is 3.90. The van der Waals surface area contributed by atoms with E-state index in [4.69, 9.17) is 4.74 Å². The third kappa shape index (κ3) is 3.53. The third-order valence-electron chi connectivity index (χ3n) is 2.84. The maximum atomic E-state index is 5.69. The van der Waals surface area contributed by atoms with Crippen molar-refractivity contribution < 1.29 is 4.74 Å². The summed E-state index contributed by atoms with van der Waals surface area (Å²) in [6, 6.07) is 6.56. The molecule has 0 aliphatic carbocycles. The molecule has 1 aromatic heterocycles. The van der Waals surface area contributed by atoms with Crippen LogP contribution in [0.25, 0.3) is 0 Å². The molecule has 1 heterocycles. The van der Waals surface area contributed by atoms with Gasteiger partial charge in [0.2, 0.25) is 0 Å². The van der Waals surface area contributed by atoms with E-state index >= 15 is 0 Å². The van der Waals surface area contributed by atoms with E-state index in [1.54, 1.807) is 12.4 Å². The fourth-order valence-electron chi connectivity index (χ4n) is 1.68. The molecule has 0 N–H and O–H groups in total. The maximum Gasteiger partial charge on any atom is 0.321 e. The summed E-state index contributed by atoms with van der Waals surface area (Å²) in [5, 5.41) is 0. The van der Waals surface area contributed by atoms with Gasteiger partial charge < -0.3 is 4.74 Å². The van der Waals surface area contributed by atoms with Crippen LogP contribution in [-0.2, 0) is 5.41 Å². The summed E-state index contributed by atoms with van der Waals surface area (Å²) in [6.07, 6.45) is 3.34. The van der Waals surface area contributed by atoms with Gasteiger partial charge >= 0.3 is 6.01 Å². The van der Waals surface area contributed by atoms with Crippen LogP contribution < -0.4 is 4.74 Å². The predicted octanol–water partition coefficient (Wildman–Crippen LogP) is 4.64. The van der Waals surface area contributed by atoms with E-state index in [2.05, 4.69) is 58.8 Å². The molecule has 0 saturated carbocycles. The van der Waals surface area contributed by atoms with Crippen LogP contribution in [0.1, 0.15) is 31.9 Å². The van der Waals surface area contributed by atoms with Crippen LogP contribution >= 0.6 is 15.9 Å². The molecule has 0 spiro atoms. The molecule has 1 aromatic carbocycles. The van der Waals surface area contributed by atoms with Crippen molar-refractivity contribution >= 4 is 15.9 Å². The van der Waals surface area contributed by atoms with Crippen LogP contribution in [0, 0.1) is 6.92 Å². The molecule has 2 aromatic rings. The largest absolute Gasteiger partial charge is 0.424 e. The van der Waals surface area contributed by atoms with Crippen molar-refractivity contribution in [2.45, 2.75) is 33.1 Å². The van der Waals surface area contributed by atoms with Crippen LogP contribution in [0.2, 0.25) is 0 Å². The molecule has 0 unspecified atom stereocenters. The van der Waals surface area contributed by atoms with Gasteiger partial charge in [0, 0.05) is 12.4 Å². The average molecular weight is 321 g/mol. The summed E-state index contributed by atoms with van der Waals surface area (Å²) >= 11 is 3.30. The van der Waals surface area contributed by atoms with Crippen molar-refractivity contribution in [1.82, 2.24) is 9.97 Å². The highest BCUT2D eigenvalue weighted by atomic mass is 79.9. The number of halogens is 1. The van der Waals surface area contributed by atoms with Crippen molar-refractivity contribution in [3.05, 3.63) is 46.2 Å². The average Bonchev–Trinajstić information content (AvgIpc) is 2.33. The van der Waals surface area contributed by atoms with Crippen LogP contribution in [0.3, 0.4) is 0 Å². The Morgan fingerprint density at radius 3 is 2.26 bits per heavy atom. The molecule has 2 rings (SSSR count). The second kappa shape index (κ2) is 5.29. The fraction of sp³-hybridized carbons (Fsp3) is 0.333. The first-order valence-electron chi connectivity index (χ1n) is 6.13. The van der Waals surface area contributed by atoms with E-state index < -0.39 is 0 Å². The molecule has 0 amide bonds. The molecule has 19 heavy (non-hydrogen) atoms. The Bertz CT molecular complexity index is 574. The normalized spacial score (nSPS) is 11.4. The standard InChI is InChI=1S/C15H17BrN2O/c1-10-7-11(15(2,3)4)5-6-13(10)19-14-17-8-12(16)9-18-14/h5-9H,1-4H3. The molecule has 0 radical (unpaired) electrons. The fourth-order valence-corrected chi connectivity index (χ4v) is 1.89. The van der Waals surface area contributed by atoms with Crippen molar-refractivity contribution in [2.75, 3.05) is 0 Å². The van der Waals surface area contributed by atoms with Crippen LogP contribution in [0.4, 0.5) is 0 Å². The zero-order valence-electron chi connectivity index (χ0n) is 11.6. The summed E-state index contributed by atoms with van der Waals surface area (Å²) < 4.78 is 6.52. The second-order valence-corrected chi connectivity index (χ2v) is 6.43. The molecule has 0 aliphatic heterocycles. The Labute approximate surface area is 122 Å². The molecule has 3 nitrogen and oxygen atoms in total. The molecule has 0 aliphatic rings. The summed E-state index contributed by atoms with van der Waals surface area (Å²) in [4.78, 5) is 8.21. The van der Waals surface area contributed by atoms with Gasteiger partial charge in [-0.05, 0) is 45.5 Å². The predicted molar refractivity (Wildman–Crippen MR) is 79.7 cm³/mol. The molecule has 4 heteroatoms. The number of ether oxygens (including phenoxy) is 1. The summed E-state index contributed by atoms with van der Waals surface area (Å²) in [5.41, 5.74) is 2.50. The third-order valence-corrected chi connectivity index (χ3v) is 3.25. The van der Waals surface area contributed by atoms with Crippen LogP contribution in [0.15, 0.2) is 35.1 Å². The number of aryl methyl sites for hydroxylation is 1. The smallest absolute Gasteiger partial charge is 0.321 e. The maximum absolute atomic E-state index is 5.69. The highest BCUT2D eigenvalue weighted by molar-refractivity contribution is 9.10. The first kappa shape index (κ1) is 14.0. The highest BCUT2D eigenvalue weighted by Gasteiger charge is 2.15. The van der Waals surface area contributed by atoms with E-state index in [1.807, 2.05) is 13.0 Å². The molecule has 0 bridgehead atoms. The van der Waals surface area contributed by atoms with Crippen molar-refractivity contribution in [3.63, 3.8) is 0 Å². The molecule has 0 saturated heterocycles. The van der Waals surface area contributed by atoms with Crippen LogP contribution in [-0.4, -0.2) is 9.97 Å². The Balaban J connectivity index is 2.24. The van der Waals surface area contributed by atoms with E-state index in [9.17, 15) is 0 Å². The Morgan fingerprint density at radius 1 is 1.11 bits per heavy atom. The second-order valence-electron chi connectivity index (χ2n) is 5.52. The Morgan fingerprint density at radius 2 is 1.74 bits per heavy atom.